The number of carbonyl (C=O) groups is 3. The Morgan fingerprint density at radius 3 is 2.26 bits per heavy atom. The van der Waals surface area contributed by atoms with Crippen molar-refractivity contribution in [3.8, 4) is 5.75 Å². The molecule has 0 aliphatic carbocycles. The Hall–Kier alpha value is -3.45. The molecule has 158 valence electrons. The fraction of sp³-hybridized carbons (Fsp3) is 0.125. The van der Waals surface area contributed by atoms with Gasteiger partial charge in [0.05, 0.1) is 11.4 Å². The van der Waals surface area contributed by atoms with Gasteiger partial charge in [0.25, 0.3) is 5.91 Å². The molecular formula is C24H21BrN2O4. The zero-order chi connectivity index (χ0) is 22.2. The summed E-state index contributed by atoms with van der Waals surface area (Å²) in [6.07, 6.45) is 0.889. The van der Waals surface area contributed by atoms with Crippen molar-refractivity contribution in [1.29, 1.82) is 0 Å². The molecule has 0 radical (unpaired) electrons. The second kappa shape index (κ2) is 10.5. The Morgan fingerprint density at radius 2 is 1.55 bits per heavy atom. The van der Waals surface area contributed by atoms with Crippen molar-refractivity contribution in [1.82, 2.24) is 0 Å². The average molecular weight is 481 g/mol. The molecule has 0 bridgehead atoms. The summed E-state index contributed by atoms with van der Waals surface area (Å²) < 4.78 is 5.99. The number of hydrogen-bond acceptors (Lipinski definition) is 4. The van der Waals surface area contributed by atoms with E-state index in [2.05, 4.69) is 26.6 Å². The first-order valence-corrected chi connectivity index (χ1v) is 10.4. The predicted molar refractivity (Wildman–Crippen MR) is 123 cm³/mol. The van der Waals surface area contributed by atoms with Gasteiger partial charge >= 0.3 is 5.97 Å². The fourth-order valence-corrected chi connectivity index (χ4v) is 3.41. The number of anilines is 2. The topological polar surface area (TPSA) is 84.5 Å². The van der Waals surface area contributed by atoms with Gasteiger partial charge in [-0.05, 0) is 48.4 Å². The highest BCUT2D eigenvalue weighted by Gasteiger charge is 2.12. The minimum absolute atomic E-state index is 0.158. The van der Waals surface area contributed by atoms with Gasteiger partial charge in [-0.25, -0.2) is 0 Å². The van der Waals surface area contributed by atoms with Crippen LogP contribution in [0.5, 0.6) is 5.75 Å². The first-order chi connectivity index (χ1) is 14.9. The quantitative estimate of drug-likeness (QED) is 0.359. The van der Waals surface area contributed by atoms with Crippen LogP contribution in [0.15, 0.2) is 77.3 Å². The van der Waals surface area contributed by atoms with E-state index < -0.39 is 5.97 Å². The van der Waals surface area contributed by atoms with E-state index in [4.69, 9.17) is 4.74 Å². The zero-order valence-electron chi connectivity index (χ0n) is 16.9. The number of para-hydroxylation sites is 2. The summed E-state index contributed by atoms with van der Waals surface area (Å²) in [6, 6.07) is 21.1. The molecule has 0 aromatic heterocycles. The molecule has 0 saturated heterocycles. The van der Waals surface area contributed by atoms with E-state index in [0.29, 0.717) is 29.8 Å². The molecule has 3 aromatic carbocycles. The molecular weight excluding hydrogens is 460 g/mol. The first kappa shape index (κ1) is 22.2. The highest BCUT2D eigenvalue weighted by molar-refractivity contribution is 9.10. The maximum Gasteiger partial charge on any atom is 0.308 e. The van der Waals surface area contributed by atoms with Gasteiger partial charge in [0.1, 0.15) is 5.75 Å². The zero-order valence-corrected chi connectivity index (χ0v) is 18.4. The summed E-state index contributed by atoms with van der Waals surface area (Å²) in [6.45, 7) is 1.29. The largest absolute Gasteiger partial charge is 0.427 e. The number of nitrogens with one attached hydrogen (secondary N) is 2. The Bertz CT molecular complexity index is 1110. The Labute approximate surface area is 188 Å². The van der Waals surface area contributed by atoms with Crippen molar-refractivity contribution in [3.63, 3.8) is 0 Å². The Morgan fingerprint density at radius 1 is 0.871 bits per heavy atom. The second-order valence-electron chi connectivity index (χ2n) is 6.76. The molecule has 6 nitrogen and oxygen atoms in total. The number of aryl methyl sites for hydroxylation is 1. The van der Waals surface area contributed by atoms with Gasteiger partial charge in [0.15, 0.2) is 0 Å². The predicted octanol–water partition coefficient (Wildman–Crippen LogP) is 5.20. The lowest BCUT2D eigenvalue weighted by Crippen LogP contribution is -2.17. The third-order valence-electron chi connectivity index (χ3n) is 4.39. The molecule has 7 heteroatoms. The van der Waals surface area contributed by atoms with Gasteiger partial charge in [-0.1, -0.05) is 52.3 Å². The maximum atomic E-state index is 12.7. The lowest BCUT2D eigenvalue weighted by Gasteiger charge is -2.13. The smallest absolute Gasteiger partial charge is 0.308 e. The van der Waals surface area contributed by atoms with Crippen LogP contribution in [0.1, 0.15) is 29.3 Å². The number of carbonyl (C=O) groups excluding carboxylic acids is 3. The highest BCUT2D eigenvalue weighted by atomic mass is 79.9. The molecule has 2 amide bonds. The molecule has 0 unspecified atom stereocenters. The third-order valence-corrected chi connectivity index (χ3v) is 5.16. The van der Waals surface area contributed by atoms with Gasteiger partial charge in [0, 0.05) is 23.4 Å². The summed E-state index contributed by atoms with van der Waals surface area (Å²) in [5.74, 6) is -0.722. The molecule has 0 spiro atoms. The van der Waals surface area contributed by atoms with Gasteiger partial charge in [0.2, 0.25) is 5.91 Å². The number of ether oxygens (including phenoxy) is 1. The van der Waals surface area contributed by atoms with Gasteiger partial charge in [-0.15, -0.1) is 0 Å². The van der Waals surface area contributed by atoms with Gasteiger partial charge < -0.3 is 15.4 Å². The van der Waals surface area contributed by atoms with E-state index in [1.54, 1.807) is 42.5 Å². The van der Waals surface area contributed by atoms with E-state index in [-0.39, 0.29) is 17.6 Å². The van der Waals surface area contributed by atoms with Crippen molar-refractivity contribution in [2.24, 2.45) is 0 Å². The summed E-state index contributed by atoms with van der Waals surface area (Å²) >= 11 is 3.49. The van der Waals surface area contributed by atoms with Crippen LogP contribution < -0.4 is 15.4 Å². The minimum atomic E-state index is -0.465. The van der Waals surface area contributed by atoms with Crippen molar-refractivity contribution < 1.29 is 19.1 Å². The Kier molecular flexibility index (Phi) is 7.56. The van der Waals surface area contributed by atoms with E-state index in [1.807, 2.05) is 24.3 Å². The minimum Gasteiger partial charge on any atom is -0.427 e. The van der Waals surface area contributed by atoms with E-state index in [9.17, 15) is 14.4 Å². The van der Waals surface area contributed by atoms with Gasteiger partial charge in [-0.3, -0.25) is 14.4 Å². The number of esters is 1. The van der Waals surface area contributed by atoms with Gasteiger partial charge in [-0.2, -0.15) is 0 Å². The van der Waals surface area contributed by atoms with E-state index in [0.717, 1.165) is 10.0 Å². The Balaban J connectivity index is 1.66. The molecule has 31 heavy (non-hydrogen) atoms. The van der Waals surface area contributed by atoms with Crippen molar-refractivity contribution in [2.75, 3.05) is 10.6 Å². The van der Waals surface area contributed by atoms with Crippen LogP contribution in [0, 0.1) is 0 Å². The molecule has 0 fully saturated rings. The second-order valence-corrected chi connectivity index (χ2v) is 7.62. The number of benzene rings is 3. The number of hydrogen-bond donors (Lipinski definition) is 2. The summed E-state index contributed by atoms with van der Waals surface area (Å²) in [5.41, 5.74) is 2.35. The standard InChI is InChI=1S/C24H21BrN2O4/c1-16(28)31-19-9-6-8-18(15-19)24(30)27-22-12-5-4-11-21(22)26-23(29)14-13-17-7-2-3-10-20(17)25/h2-12,15H,13-14H2,1H3,(H,26,29)(H,27,30). The van der Waals surface area contributed by atoms with Crippen LogP contribution in [-0.4, -0.2) is 17.8 Å². The SMILES string of the molecule is CC(=O)Oc1cccc(C(=O)Nc2ccccc2NC(=O)CCc2ccccc2Br)c1. The molecule has 2 N–H and O–H groups in total. The van der Waals surface area contributed by atoms with Crippen LogP contribution in [-0.2, 0) is 16.0 Å². The summed E-state index contributed by atoms with van der Waals surface area (Å²) in [4.78, 5) is 36.3. The summed E-state index contributed by atoms with van der Waals surface area (Å²) in [7, 11) is 0. The third kappa shape index (κ3) is 6.52. The van der Waals surface area contributed by atoms with E-state index in [1.165, 1.54) is 13.0 Å². The molecule has 3 rings (SSSR count). The lowest BCUT2D eigenvalue weighted by molar-refractivity contribution is -0.131. The lowest BCUT2D eigenvalue weighted by atomic mass is 10.1. The molecule has 0 aliphatic heterocycles. The van der Waals surface area contributed by atoms with Crippen molar-refractivity contribution in [2.45, 2.75) is 19.8 Å². The van der Waals surface area contributed by atoms with Crippen LogP contribution in [0.3, 0.4) is 0 Å². The van der Waals surface area contributed by atoms with Crippen molar-refractivity contribution >= 4 is 45.1 Å². The summed E-state index contributed by atoms with van der Waals surface area (Å²) in [5, 5.41) is 5.65. The maximum absolute atomic E-state index is 12.7. The van der Waals surface area contributed by atoms with Crippen LogP contribution in [0.25, 0.3) is 0 Å². The number of amides is 2. The number of rotatable bonds is 7. The molecule has 0 atom stereocenters. The molecule has 3 aromatic rings. The monoisotopic (exact) mass is 480 g/mol. The molecule has 0 saturated carbocycles. The highest BCUT2D eigenvalue weighted by Crippen LogP contribution is 2.24. The average Bonchev–Trinajstić information content (AvgIpc) is 2.74. The normalized spacial score (nSPS) is 10.3. The van der Waals surface area contributed by atoms with Crippen LogP contribution >= 0.6 is 15.9 Å². The number of halogens is 1. The first-order valence-electron chi connectivity index (χ1n) is 9.64. The fourth-order valence-electron chi connectivity index (χ4n) is 2.92. The molecule has 0 heterocycles. The van der Waals surface area contributed by atoms with Crippen LogP contribution in [0.4, 0.5) is 11.4 Å². The molecule has 0 aliphatic rings. The van der Waals surface area contributed by atoms with Crippen LogP contribution in [0.2, 0.25) is 0 Å². The van der Waals surface area contributed by atoms with E-state index >= 15 is 0 Å². The van der Waals surface area contributed by atoms with Crippen molar-refractivity contribution in [3.05, 3.63) is 88.4 Å².